The molecule has 2 aromatic rings. The van der Waals surface area contributed by atoms with Crippen LogP contribution in [0.5, 0.6) is 0 Å². The Morgan fingerprint density at radius 1 is 1.45 bits per heavy atom. The summed E-state index contributed by atoms with van der Waals surface area (Å²) in [5, 5.41) is 4.72. The minimum Gasteiger partial charge on any atom is -0.329 e. The van der Waals surface area contributed by atoms with E-state index in [0.29, 0.717) is 6.04 Å². The van der Waals surface area contributed by atoms with Gasteiger partial charge in [0.15, 0.2) is 0 Å². The molecule has 1 aliphatic rings. The summed E-state index contributed by atoms with van der Waals surface area (Å²) in [4.78, 5) is 10.6. The fourth-order valence-electron chi connectivity index (χ4n) is 2.89. The van der Waals surface area contributed by atoms with Gasteiger partial charge in [0.25, 0.3) is 0 Å². The van der Waals surface area contributed by atoms with Crippen LogP contribution in [-0.2, 0) is 13.0 Å². The highest BCUT2D eigenvalue weighted by atomic mass is 32.1. The van der Waals surface area contributed by atoms with Crippen LogP contribution >= 0.6 is 11.3 Å². The lowest BCUT2D eigenvalue weighted by Gasteiger charge is -2.21. The highest BCUT2D eigenvalue weighted by Crippen LogP contribution is 2.37. The molecule has 0 fully saturated rings. The first-order chi connectivity index (χ1) is 9.83. The number of hydrogen-bond donors (Lipinski definition) is 1. The Kier molecular flexibility index (Phi) is 4.17. The topological polar surface area (TPSA) is 42.7 Å². The standard InChI is InChI=1S/C15H22N4S/c1-3-8-19-10-16-9-13(19)15-18-12-7-5-6-11(17-4-2)14(12)20-15/h9-11,17H,3-8H2,1-2H3. The second-order valence-electron chi connectivity index (χ2n) is 5.30. The predicted octanol–water partition coefficient (Wildman–Crippen LogP) is 3.40. The van der Waals surface area contributed by atoms with Gasteiger partial charge in [-0.1, -0.05) is 13.8 Å². The van der Waals surface area contributed by atoms with E-state index in [4.69, 9.17) is 4.98 Å². The second-order valence-corrected chi connectivity index (χ2v) is 6.34. The Morgan fingerprint density at radius 3 is 3.15 bits per heavy atom. The summed E-state index contributed by atoms with van der Waals surface area (Å²) in [6.45, 7) is 6.39. The van der Waals surface area contributed by atoms with Crippen LogP contribution in [0.1, 0.15) is 49.7 Å². The third kappa shape index (κ3) is 2.52. The van der Waals surface area contributed by atoms with Gasteiger partial charge < -0.3 is 9.88 Å². The third-order valence-electron chi connectivity index (χ3n) is 3.80. The zero-order chi connectivity index (χ0) is 13.9. The molecule has 0 aliphatic heterocycles. The summed E-state index contributed by atoms with van der Waals surface area (Å²) in [5.74, 6) is 0. The van der Waals surface area contributed by atoms with E-state index in [2.05, 4.69) is 28.7 Å². The first kappa shape index (κ1) is 13.8. The van der Waals surface area contributed by atoms with E-state index >= 15 is 0 Å². The maximum absolute atomic E-state index is 4.89. The summed E-state index contributed by atoms with van der Waals surface area (Å²) < 4.78 is 2.21. The molecule has 2 heterocycles. The number of aromatic nitrogens is 3. The highest BCUT2D eigenvalue weighted by molar-refractivity contribution is 7.15. The molecule has 1 atom stereocenters. The SMILES string of the molecule is CCCn1cncc1-c1nc2c(s1)C(NCC)CCC2. The summed E-state index contributed by atoms with van der Waals surface area (Å²) in [5.41, 5.74) is 2.47. The minimum atomic E-state index is 0.498. The fourth-order valence-corrected chi connectivity index (χ4v) is 4.14. The van der Waals surface area contributed by atoms with Crippen LogP contribution in [0.25, 0.3) is 10.7 Å². The molecule has 108 valence electrons. The Balaban J connectivity index is 1.94. The quantitative estimate of drug-likeness (QED) is 0.917. The van der Waals surface area contributed by atoms with Gasteiger partial charge in [0.1, 0.15) is 5.01 Å². The van der Waals surface area contributed by atoms with E-state index in [1.54, 1.807) is 0 Å². The zero-order valence-corrected chi connectivity index (χ0v) is 13.0. The van der Waals surface area contributed by atoms with Crippen molar-refractivity contribution in [2.24, 2.45) is 0 Å². The number of fused-ring (bicyclic) bond motifs is 1. The molecule has 0 saturated carbocycles. The molecular weight excluding hydrogens is 268 g/mol. The van der Waals surface area contributed by atoms with E-state index in [0.717, 1.165) is 30.9 Å². The number of hydrogen-bond acceptors (Lipinski definition) is 4. The molecule has 5 heteroatoms. The van der Waals surface area contributed by atoms with Crippen molar-refractivity contribution in [1.29, 1.82) is 0 Å². The van der Waals surface area contributed by atoms with Crippen molar-refractivity contribution in [3.8, 4) is 10.7 Å². The van der Waals surface area contributed by atoms with Crippen LogP contribution in [0, 0.1) is 0 Å². The molecule has 20 heavy (non-hydrogen) atoms. The number of nitrogens with zero attached hydrogens (tertiary/aromatic N) is 3. The molecule has 0 saturated heterocycles. The number of rotatable bonds is 5. The molecule has 0 bridgehead atoms. The van der Waals surface area contributed by atoms with Gasteiger partial charge >= 0.3 is 0 Å². The first-order valence-electron chi connectivity index (χ1n) is 7.57. The summed E-state index contributed by atoms with van der Waals surface area (Å²) >= 11 is 1.85. The molecule has 2 aromatic heterocycles. The lowest BCUT2D eigenvalue weighted by molar-refractivity contribution is 0.476. The smallest absolute Gasteiger partial charge is 0.142 e. The molecule has 0 spiro atoms. The maximum Gasteiger partial charge on any atom is 0.142 e. The fraction of sp³-hybridized carbons (Fsp3) is 0.600. The van der Waals surface area contributed by atoms with Crippen molar-refractivity contribution in [2.45, 2.75) is 52.1 Å². The molecule has 3 rings (SSSR count). The number of imidazole rings is 1. The number of thiazole rings is 1. The van der Waals surface area contributed by atoms with E-state index in [1.165, 1.54) is 29.1 Å². The normalized spacial score (nSPS) is 18.2. The van der Waals surface area contributed by atoms with Crippen molar-refractivity contribution < 1.29 is 0 Å². The molecule has 1 aliphatic carbocycles. The van der Waals surface area contributed by atoms with Gasteiger partial charge in [0, 0.05) is 17.5 Å². The largest absolute Gasteiger partial charge is 0.329 e. The Morgan fingerprint density at radius 2 is 2.35 bits per heavy atom. The van der Waals surface area contributed by atoms with Gasteiger partial charge in [-0.15, -0.1) is 11.3 Å². The third-order valence-corrected chi connectivity index (χ3v) is 5.03. The zero-order valence-electron chi connectivity index (χ0n) is 12.2. The maximum atomic E-state index is 4.89. The molecule has 0 amide bonds. The van der Waals surface area contributed by atoms with E-state index in [-0.39, 0.29) is 0 Å². The van der Waals surface area contributed by atoms with E-state index in [1.807, 2.05) is 23.9 Å². The Labute approximate surface area is 124 Å². The van der Waals surface area contributed by atoms with Crippen LogP contribution in [-0.4, -0.2) is 21.1 Å². The van der Waals surface area contributed by atoms with E-state index < -0.39 is 0 Å². The molecule has 4 nitrogen and oxygen atoms in total. The number of nitrogens with one attached hydrogen (secondary N) is 1. The van der Waals surface area contributed by atoms with Gasteiger partial charge in [0.2, 0.25) is 0 Å². The van der Waals surface area contributed by atoms with Gasteiger partial charge in [-0.2, -0.15) is 0 Å². The average Bonchev–Trinajstić information content (AvgIpc) is 3.05. The average molecular weight is 290 g/mol. The van der Waals surface area contributed by atoms with Crippen molar-refractivity contribution in [3.05, 3.63) is 23.1 Å². The summed E-state index contributed by atoms with van der Waals surface area (Å²) in [7, 11) is 0. The van der Waals surface area contributed by atoms with Crippen LogP contribution in [0.4, 0.5) is 0 Å². The monoisotopic (exact) mass is 290 g/mol. The Bertz CT molecular complexity index is 572. The van der Waals surface area contributed by atoms with E-state index in [9.17, 15) is 0 Å². The number of aryl methyl sites for hydroxylation is 2. The van der Waals surface area contributed by atoms with Crippen molar-refractivity contribution in [2.75, 3.05) is 6.54 Å². The van der Waals surface area contributed by atoms with Crippen LogP contribution in [0.3, 0.4) is 0 Å². The first-order valence-corrected chi connectivity index (χ1v) is 8.38. The molecule has 1 N–H and O–H groups in total. The molecule has 0 radical (unpaired) electrons. The van der Waals surface area contributed by atoms with Crippen molar-refractivity contribution in [1.82, 2.24) is 19.9 Å². The highest BCUT2D eigenvalue weighted by Gasteiger charge is 2.25. The molecule has 0 aromatic carbocycles. The Hall–Kier alpha value is -1.20. The summed E-state index contributed by atoms with van der Waals surface area (Å²) in [6, 6.07) is 0.498. The van der Waals surface area contributed by atoms with Gasteiger partial charge in [-0.05, 0) is 32.2 Å². The predicted molar refractivity (Wildman–Crippen MR) is 83.0 cm³/mol. The lowest BCUT2D eigenvalue weighted by atomic mass is 9.98. The second kappa shape index (κ2) is 6.06. The minimum absolute atomic E-state index is 0.498. The molecule has 1 unspecified atom stereocenters. The van der Waals surface area contributed by atoms with Crippen LogP contribution in [0.2, 0.25) is 0 Å². The van der Waals surface area contributed by atoms with Gasteiger partial charge in [0.05, 0.1) is 23.9 Å². The van der Waals surface area contributed by atoms with Crippen LogP contribution in [0.15, 0.2) is 12.5 Å². The summed E-state index contributed by atoms with van der Waals surface area (Å²) in [6.07, 6.45) is 8.58. The van der Waals surface area contributed by atoms with Gasteiger partial charge in [-0.25, -0.2) is 9.97 Å². The van der Waals surface area contributed by atoms with Crippen molar-refractivity contribution in [3.63, 3.8) is 0 Å². The molecular formula is C15H22N4S. The lowest BCUT2D eigenvalue weighted by Crippen LogP contribution is -2.23. The van der Waals surface area contributed by atoms with Crippen molar-refractivity contribution >= 4 is 11.3 Å². The van der Waals surface area contributed by atoms with Crippen LogP contribution < -0.4 is 5.32 Å². The van der Waals surface area contributed by atoms with Gasteiger partial charge in [-0.3, -0.25) is 0 Å².